The summed E-state index contributed by atoms with van der Waals surface area (Å²) < 4.78 is 12.4. The number of hydrogen-bond donors (Lipinski definition) is 1. The highest BCUT2D eigenvalue weighted by Gasteiger charge is 2.12. The average molecular weight is 601 g/mol. The predicted octanol–water partition coefficient (Wildman–Crippen LogP) is 6.27. The minimum atomic E-state index is -0.522. The molecule has 0 unspecified atom stereocenters. The quantitative estimate of drug-likeness (QED) is 0.150. The van der Waals surface area contributed by atoms with Gasteiger partial charge in [0, 0.05) is 19.5 Å². The standard InChI is InChI=1S/C22H14Br2Cl2N2O4/c23-15-3-1-13(2-4-15)22(30)32-19-7-5-16(24)9-14(19)11-27-28-21(29)12-31-20-8-6-17(25)10-18(20)26/h1-11H,12H2,(H,28,29). The number of carbonyl (C=O) groups is 2. The van der Waals surface area contributed by atoms with Crippen LogP contribution in [0.5, 0.6) is 11.5 Å². The van der Waals surface area contributed by atoms with Crippen molar-refractivity contribution in [3.05, 3.63) is 90.8 Å². The smallest absolute Gasteiger partial charge is 0.343 e. The van der Waals surface area contributed by atoms with Crippen LogP contribution in [-0.4, -0.2) is 24.7 Å². The summed E-state index contributed by atoms with van der Waals surface area (Å²) in [4.78, 5) is 24.4. The number of hydrazone groups is 1. The molecule has 0 saturated carbocycles. The third-order valence-electron chi connectivity index (χ3n) is 3.90. The molecule has 0 fully saturated rings. The van der Waals surface area contributed by atoms with Crippen LogP contribution in [-0.2, 0) is 4.79 Å². The summed E-state index contributed by atoms with van der Waals surface area (Å²) in [5.74, 6) is -0.421. The fraction of sp³-hybridized carbons (Fsp3) is 0.0455. The van der Waals surface area contributed by atoms with E-state index in [9.17, 15) is 9.59 Å². The molecule has 1 N–H and O–H groups in total. The Morgan fingerprint density at radius 3 is 2.34 bits per heavy atom. The lowest BCUT2D eigenvalue weighted by molar-refractivity contribution is -0.123. The molecule has 0 spiro atoms. The van der Waals surface area contributed by atoms with E-state index in [0.29, 0.717) is 26.9 Å². The van der Waals surface area contributed by atoms with Crippen LogP contribution in [0.3, 0.4) is 0 Å². The second-order valence-corrected chi connectivity index (χ2v) is 8.91. The number of rotatable bonds is 7. The van der Waals surface area contributed by atoms with Crippen LogP contribution >= 0.6 is 55.1 Å². The second-order valence-electron chi connectivity index (χ2n) is 6.24. The van der Waals surface area contributed by atoms with Gasteiger partial charge in [0.25, 0.3) is 5.91 Å². The van der Waals surface area contributed by atoms with E-state index >= 15 is 0 Å². The van der Waals surface area contributed by atoms with Gasteiger partial charge in [-0.05, 0) is 60.7 Å². The molecule has 10 heteroatoms. The first-order chi connectivity index (χ1) is 15.3. The summed E-state index contributed by atoms with van der Waals surface area (Å²) in [5, 5.41) is 4.66. The number of nitrogens with zero attached hydrogens (tertiary/aromatic N) is 1. The molecular weight excluding hydrogens is 587 g/mol. The Hall–Kier alpha value is -2.39. The number of carbonyl (C=O) groups excluding carboxylic acids is 2. The van der Waals surface area contributed by atoms with E-state index in [1.807, 2.05) is 0 Å². The van der Waals surface area contributed by atoms with Gasteiger partial charge in [-0.25, -0.2) is 10.2 Å². The normalized spacial score (nSPS) is 10.8. The molecule has 0 bridgehead atoms. The molecular formula is C22H14Br2Cl2N2O4. The van der Waals surface area contributed by atoms with Crippen LogP contribution in [0, 0.1) is 0 Å². The Kier molecular flexibility index (Phi) is 8.69. The van der Waals surface area contributed by atoms with Gasteiger partial charge in [0.1, 0.15) is 11.5 Å². The Labute approximate surface area is 210 Å². The number of esters is 1. The summed E-state index contributed by atoms with van der Waals surface area (Å²) >= 11 is 18.5. The molecule has 6 nitrogen and oxygen atoms in total. The third-order valence-corrected chi connectivity index (χ3v) is 5.45. The van der Waals surface area contributed by atoms with Crippen molar-refractivity contribution in [2.24, 2.45) is 5.10 Å². The highest BCUT2D eigenvalue weighted by molar-refractivity contribution is 9.10. The highest BCUT2D eigenvalue weighted by Crippen LogP contribution is 2.27. The molecule has 3 aromatic rings. The molecule has 0 atom stereocenters. The van der Waals surface area contributed by atoms with Crippen LogP contribution in [0.15, 0.2) is 74.7 Å². The third kappa shape index (κ3) is 7.06. The van der Waals surface area contributed by atoms with Gasteiger partial charge in [-0.15, -0.1) is 0 Å². The number of ether oxygens (including phenoxy) is 2. The topological polar surface area (TPSA) is 77.0 Å². The van der Waals surface area contributed by atoms with E-state index in [2.05, 4.69) is 42.4 Å². The van der Waals surface area contributed by atoms with Gasteiger partial charge in [0.15, 0.2) is 6.61 Å². The van der Waals surface area contributed by atoms with Crippen molar-refractivity contribution in [3.8, 4) is 11.5 Å². The SMILES string of the molecule is O=C(COc1ccc(Cl)cc1Cl)NN=Cc1cc(Br)ccc1OC(=O)c1ccc(Br)cc1. The fourth-order valence-corrected chi connectivity index (χ4v) is 3.51. The fourth-order valence-electron chi connectivity index (χ4n) is 2.40. The van der Waals surface area contributed by atoms with Gasteiger partial charge in [0.05, 0.1) is 16.8 Å². The average Bonchev–Trinajstić information content (AvgIpc) is 2.75. The first kappa shape index (κ1) is 24.3. The minimum Gasteiger partial charge on any atom is -0.482 e. The van der Waals surface area contributed by atoms with E-state index < -0.39 is 11.9 Å². The zero-order valence-corrected chi connectivity index (χ0v) is 20.8. The lowest BCUT2D eigenvalue weighted by Gasteiger charge is -2.09. The Balaban J connectivity index is 1.62. The molecule has 0 heterocycles. The molecule has 32 heavy (non-hydrogen) atoms. The van der Waals surface area contributed by atoms with Crippen LogP contribution < -0.4 is 14.9 Å². The lowest BCUT2D eigenvalue weighted by atomic mass is 10.2. The van der Waals surface area contributed by atoms with Gasteiger partial charge in [-0.3, -0.25) is 4.79 Å². The summed E-state index contributed by atoms with van der Waals surface area (Å²) in [6.45, 7) is -0.303. The second kappa shape index (κ2) is 11.5. The van der Waals surface area contributed by atoms with E-state index in [4.69, 9.17) is 32.7 Å². The molecule has 0 radical (unpaired) electrons. The first-order valence-corrected chi connectivity index (χ1v) is 11.3. The van der Waals surface area contributed by atoms with Crippen molar-refractivity contribution in [1.29, 1.82) is 0 Å². The van der Waals surface area contributed by atoms with E-state index in [1.165, 1.54) is 12.3 Å². The van der Waals surface area contributed by atoms with Crippen LogP contribution in [0.2, 0.25) is 10.0 Å². The molecule has 164 valence electrons. The number of amides is 1. The molecule has 3 aromatic carbocycles. The maximum Gasteiger partial charge on any atom is 0.343 e. The monoisotopic (exact) mass is 598 g/mol. The number of halogens is 4. The van der Waals surface area contributed by atoms with Crippen molar-refractivity contribution < 1.29 is 19.1 Å². The van der Waals surface area contributed by atoms with Crippen LogP contribution in [0.1, 0.15) is 15.9 Å². The van der Waals surface area contributed by atoms with Gasteiger partial charge in [-0.2, -0.15) is 5.10 Å². The van der Waals surface area contributed by atoms with E-state index in [0.717, 1.165) is 8.95 Å². The summed E-state index contributed by atoms with van der Waals surface area (Å²) in [6, 6.07) is 16.5. The van der Waals surface area contributed by atoms with Crippen molar-refractivity contribution in [2.45, 2.75) is 0 Å². The Morgan fingerprint density at radius 1 is 0.938 bits per heavy atom. The summed E-state index contributed by atoms with van der Waals surface area (Å²) in [6.07, 6.45) is 1.36. The number of hydrogen-bond acceptors (Lipinski definition) is 5. The van der Waals surface area contributed by atoms with Crippen molar-refractivity contribution in [3.63, 3.8) is 0 Å². The largest absolute Gasteiger partial charge is 0.482 e. The van der Waals surface area contributed by atoms with Gasteiger partial charge in [-0.1, -0.05) is 55.1 Å². The van der Waals surface area contributed by atoms with Crippen LogP contribution in [0.25, 0.3) is 0 Å². The maximum absolute atomic E-state index is 12.4. The Bertz CT molecular complexity index is 1170. The van der Waals surface area contributed by atoms with E-state index in [1.54, 1.807) is 54.6 Å². The zero-order chi connectivity index (χ0) is 23.1. The number of nitrogens with one attached hydrogen (secondary N) is 1. The van der Waals surface area contributed by atoms with Gasteiger partial charge in [0.2, 0.25) is 0 Å². The zero-order valence-electron chi connectivity index (χ0n) is 16.2. The van der Waals surface area contributed by atoms with E-state index in [-0.39, 0.29) is 12.4 Å². The number of benzene rings is 3. The molecule has 0 aliphatic carbocycles. The van der Waals surface area contributed by atoms with Crippen LogP contribution in [0.4, 0.5) is 0 Å². The van der Waals surface area contributed by atoms with Crippen molar-refractivity contribution >= 4 is 73.2 Å². The molecule has 0 aliphatic rings. The first-order valence-electron chi connectivity index (χ1n) is 8.99. The molecule has 0 aromatic heterocycles. The summed E-state index contributed by atoms with van der Waals surface area (Å²) in [7, 11) is 0. The molecule has 0 saturated heterocycles. The lowest BCUT2D eigenvalue weighted by Crippen LogP contribution is -2.24. The van der Waals surface area contributed by atoms with Gasteiger partial charge >= 0.3 is 5.97 Å². The summed E-state index contributed by atoms with van der Waals surface area (Å²) in [5.41, 5.74) is 3.22. The highest BCUT2D eigenvalue weighted by atomic mass is 79.9. The molecule has 1 amide bonds. The van der Waals surface area contributed by atoms with Crippen molar-refractivity contribution in [2.75, 3.05) is 6.61 Å². The predicted molar refractivity (Wildman–Crippen MR) is 131 cm³/mol. The molecule has 0 aliphatic heterocycles. The Morgan fingerprint density at radius 2 is 1.62 bits per heavy atom. The minimum absolute atomic E-state index is 0.281. The maximum atomic E-state index is 12.4. The van der Waals surface area contributed by atoms with Gasteiger partial charge < -0.3 is 9.47 Å². The molecule has 3 rings (SSSR count). The van der Waals surface area contributed by atoms with Crippen molar-refractivity contribution in [1.82, 2.24) is 5.43 Å².